The summed E-state index contributed by atoms with van der Waals surface area (Å²) in [6.45, 7) is 4.28. The van der Waals surface area contributed by atoms with E-state index < -0.39 is 24.5 Å². The van der Waals surface area contributed by atoms with Crippen molar-refractivity contribution in [2.75, 3.05) is 13.2 Å². The number of Topliss-reactive ketones (excluding diaryl/α,β-unsaturated/α-hetero) is 1. The number of hydrogen-bond donors (Lipinski definition) is 2. The maximum absolute atomic E-state index is 11.0. The van der Waals surface area contributed by atoms with Crippen LogP contribution in [0.1, 0.15) is 19.8 Å². The summed E-state index contributed by atoms with van der Waals surface area (Å²) in [6.07, 6.45) is -1.01. The van der Waals surface area contributed by atoms with Crippen LogP contribution in [0.25, 0.3) is 0 Å². The molecule has 6 heteroatoms. The van der Waals surface area contributed by atoms with E-state index in [-0.39, 0.29) is 18.6 Å². The molecule has 0 heterocycles. The van der Waals surface area contributed by atoms with Crippen molar-refractivity contribution in [3.63, 3.8) is 0 Å². The number of aliphatic hydroxyl groups is 2. The maximum atomic E-state index is 11.0. The minimum absolute atomic E-state index is 0.0446. The average Bonchev–Trinajstić information content (AvgIpc) is 2.26. The predicted molar refractivity (Wildman–Crippen MR) is 54.2 cm³/mol. The second-order valence-electron chi connectivity index (χ2n) is 3.24. The molecule has 0 aromatic carbocycles. The van der Waals surface area contributed by atoms with Crippen molar-refractivity contribution in [1.82, 2.24) is 0 Å². The van der Waals surface area contributed by atoms with Crippen LogP contribution in [-0.2, 0) is 19.4 Å². The highest BCUT2D eigenvalue weighted by molar-refractivity contribution is 5.86. The van der Waals surface area contributed by atoms with Gasteiger partial charge in [0, 0.05) is 12.0 Å². The molecule has 0 saturated carbocycles. The van der Waals surface area contributed by atoms with Gasteiger partial charge >= 0.3 is 5.97 Å². The van der Waals surface area contributed by atoms with E-state index in [9.17, 15) is 9.59 Å². The number of carbonyl (C=O) groups is 2. The zero-order chi connectivity index (χ0) is 12.6. The van der Waals surface area contributed by atoms with Crippen molar-refractivity contribution in [3.05, 3.63) is 12.2 Å². The largest absolute Gasteiger partial charge is 0.393 e. The second-order valence-corrected chi connectivity index (χ2v) is 3.24. The molecular weight excluding hydrogens is 216 g/mol. The molecule has 0 aromatic rings. The fourth-order valence-corrected chi connectivity index (χ4v) is 0.740. The first kappa shape index (κ1) is 14.8. The van der Waals surface area contributed by atoms with Crippen LogP contribution in [0, 0.1) is 0 Å². The topological polar surface area (TPSA) is 93.1 Å². The molecule has 0 aliphatic carbocycles. The molecule has 0 aliphatic heterocycles. The molecule has 92 valence electrons. The van der Waals surface area contributed by atoms with Crippen molar-refractivity contribution in [2.45, 2.75) is 25.9 Å². The van der Waals surface area contributed by atoms with Gasteiger partial charge in [0.05, 0.1) is 13.2 Å². The summed E-state index contributed by atoms with van der Waals surface area (Å²) < 4.78 is 0. The van der Waals surface area contributed by atoms with Gasteiger partial charge < -0.3 is 10.2 Å². The predicted octanol–water partition coefficient (Wildman–Crippen LogP) is -0.260. The SMILES string of the molecule is C=C(C)C(=O)OOCCCC(=O)C(O)CO. The molecule has 1 atom stereocenters. The molecule has 0 aliphatic rings. The lowest BCUT2D eigenvalue weighted by molar-refractivity contribution is -0.268. The first-order valence-electron chi connectivity index (χ1n) is 4.80. The third-order valence-electron chi connectivity index (χ3n) is 1.68. The lowest BCUT2D eigenvalue weighted by atomic mass is 10.1. The Morgan fingerprint density at radius 1 is 1.44 bits per heavy atom. The van der Waals surface area contributed by atoms with E-state index in [4.69, 9.17) is 10.2 Å². The van der Waals surface area contributed by atoms with Crippen molar-refractivity contribution in [2.24, 2.45) is 0 Å². The molecule has 0 fully saturated rings. The van der Waals surface area contributed by atoms with Gasteiger partial charge in [0.15, 0.2) is 5.78 Å². The Hall–Kier alpha value is -1.24. The van der Waals surface area contributed by atoms with Crippen LogP contribution in [0.3, 0.4) is 0 Å². The van der Waals surface area contributed by atoms with E-state index in [2.05, 4.69) is 16.4 Å². The summed E-state index contributed by atoms with van der Waals surface area (Å²) in [5.74, 6) is -1.14. The van der Waals surface area contributed by atoms with E-state index in [0.717, 1.165) is 0 Å². The van der Waals surface area contributed by atoms with Crippen molar-refractivity contribution in [3.8, 4) is 0 Å². The number of carbonyl (C=O) groups excluding carboxylic acids is 2. The summed E-state index contributed by atoms with van der Waals surface area (Å²) in [7, 11) is 0. The van der Waals surface area contributed by atoms with Crippen LogP contribution >= 0.6 is 0 Å². The standard InChI is InChI=1S/C10H16O6/c1-7(2)10(14)16-15-5-3-4-8(12)9(13)6-11/h9,11,13H,1,3-6H2,2H3. The first-order chi connectivity index (χ1) is 7.49. The number of aliphatic hydroxyl groups excluding tert-OH is 2. The van der Waals surface area contributed by atoms with E-state index in [1.54, 1.807) is 0 Å². The van der Waals surface area contributed by atoms with Crippen LogP contribution in [0.2, 0.25) is 0 Å². The fourth-order valence-electron chi connectivity index (χ4n) is 0.740. The maximum Gasteiger partial charge on any atom is 0.368 e. The normalized spacial score (nSPS) is 11.9. The van der Waals surface area contributed by atoms with Gasteiger partial charge in [0.25, 0.3) is 0 Å². The number of ketones is 1. The van der Waals surface area contributed by atoms with Gasteiger partial charge in [-0.3, -0.25) is 9.68 Å². The molecule has 0 spiro atoms. The number of hydrogen-bond acceptors (Lipinski definition) is 6. The lowest BCUT2D eigenvalue weighted by Crippen LogP contribution is -2.24. The lowest BCUT2D eigenvalue weighted by Gasteiger charge is -2.05. The Morgan fingerprint density at radius 3 is 2.56 bits per heavy atom. The van der Waals surface area contributed by atoms with Gasteiger partial charge in [0.2, 0.25) is 0 Å². The molecule has 0 amide bonds. The molecule has 0 bridgehead atoms. The molecule has 6 nitrogen and oxygen atoms in total. The van der Waals surface area contributed by atoms with E-state index in [0.29, 0.717) is 6.42 Å². The van der Waals surface area contributed by atoms with Crippen molar-refractivity contribution < 1.29 is 29.6 Å². The van der Waals surface area contributed by atoms with Crippen LogP contribution in [0.15, 0.2) is 12.2 Å². The molecule has 1 unspecified atom stereocenters. The van der Waals surface area contributed by atoms with Crippen molar-refractivity contribution in [1.29, 1.82) is 0 Å². The zero-order valence-electron chi connectivity index (χ0n) is 9.14. The Morgan fingerprint density at radius 2 is 2.06 bits per heavy atom. The minimum Gasteiger partial charge on any atom is -0.393 e. The Bertz CT molecular complexity index is 260. The van der Waals surface area contributed by atoms with Gasteiger partial charge in [-0.25, -0.2) is 4.79 Å². The van der Waals surface area contributed by atoms with Gasteiger partial charge in [0.1, 0.15) is 6.10 Å². The Kier molecular flexibility index (Phi) is 7.36. The van der Waals surface area contributed by atoms with Crippen LogP contribution in [0.4, 0.5) is 0 Å². The highest BCUT2D eigenvalue weighted by Crippen LogP contribution is 1.98. The van der Waals surface area contributed by atoms with E-state index in [1.165, 1.54) is 6.92 Å². The smallest absolute Gasteiger partial charge is 0.368 e. The van der Waals surface area contributed by atoms with Gasteiger partial charge in [-0.05, 0) is 13.3 Å². The molecule has 2 N–H and O–H groups in total. The van der Waals surface area contributed by atoms with Crippen molar-refractivity contribution >= 4 is 11.8 Å². The quantitative estimate of drug-likeness (QED) is 0.259. The van der Waals surface area contributed by atoms with E-state index >= 15 is 0 Å². The highest BCUT2D eigenvalue weighted by Gasteiger charge is 2.13. The van der Waals surface area contributed by atoms with Gasteiger partial charge in [-0.1, -0.05) is 6.58 Å². The fraction of sp³-hybridized carbons (Fsp3) is 0.600. The molecule has 0 rings (SSSR count). The third-order valence-corrected chi connectivity index (χ3v) is 1.68. The molecule has 0 radical (unpaired) electrons. The zero-order valence-corrected chi connectivity index (χ0v) is 9.14. The summed E-state index contributed by atoms with van der Waals surface area (Å²) in [4.78, 5) is 30.6. The number of rotatable bonds is 8. The first-order valence-corrected chi connectivity index (χ1v) is 4.80. The summed E-state index contributed by atoms with van der Waals surface area (Å²) in [5, 5.41) is 17.4. The molecule has 0 aromatic heterocycles. The van der Waals surface area contributed by atoms with Gasteiger partial charge in [-0.2, -0.15) is 4.89 Å². The molecule has 16 heavy (non-hydrogen) atoms. The highest BCUT2D eigenvalue weighted by atomic mass is 17.2. The molecular formula is C10H16O6. The average molecular weight is 232 g/mol. The Labute approximate surface area is 93.4 Å². The Balaban J connectivity index is 3.51. The third kappa shape index (κ3) is 6.28. The van der Waals surface area contributed by atoms with Crippen LogP contribution < -0.4 is 0 Å². The van der Waals surface area contributed by atoms with Crippen LogP contribution in [-0.4, -0.2) is 41.3 Å². The van der Waals surface area contributed by atoms with Crippen LogP contribution in [0.5, 0.6) is 0 Å². The summed E-state index contributed by atoms with van der Waals surface area (Å²) >= 11 is 0. The van der Waals surface area contributed by atoms with Gasteiger partial charge in [-0.15, -0.1) is 0 Å². The second kappa shape index (κ2) is 7.98. The summed E-state index contributed by atoms with van der Waals surface area (Å²) in [6, 6.07) is 0. The molecule has 0 saturated heterocycles. The monoisotopic (exact) mass is 232 g/mol. The van der Waals surface area contributed by atoms with E-state index in [1.807, 2.05) is 0 Å². The minimum atomic E-state index is -1.35. The summed E-state index contributed by atoms with van der Waals surface area (Å²) in [5.41, 5.74) is 0.215.